The van der Waals surface area contributed by atoms with Gasteiger partial charge in [0.2, 0.25) is 5.91 Å². The second kappa shape index (κ2) is 16.1. The Hall–Kier alpha value is -2.37. The van der Waals surface area contributed by atoms with Crippen molar-refractivity contribution in [3.05, 3.63) is 46.0 Å². The van der Waals surface area contributed by atoms with Gasteiger partial charge in [0, 0.05) is 22.0 Å². The number of esters is 1. The summed E-state index contributed by atoms with van der Waals surface area (Å²) in [5.41, 5.74) is -0.920. The molecule has 3 unspecified atom stereocenters. The molecule has 236 valence electrons. The predicted octanol–water partition coefficient (Wildman–Crippen LogP) is 1.95. The summed E-state index contributed by atoms with van der Waals surface area (Å²) in [6.07, 6.45) is 5.88. The van der Waals surface area contributed by atoms with E-state index in [1.54, 1.807) is 31.4 Å². The molecule has 0 radical (unpaired) electrons. The lowest BCUT2D eigenvalue weighted by atomic mass is 9.81. The first-order valence-corrected chi connectivity index (χ1v) is 16.9. The summed E-state index contributed by atoms with van der Waals surface area (Å²) in [7, 11) is -1.44. The van der Waals surface area contributed by atoms with E-state index in [-0.39, 0.29) is 45.7 Å². The van der Waals surface area contributed by atoms with Crippen LogP contribution in [0.25, 0.3) is 6.08 Å². The highest BCUT2D eigenvalue weighted by atomic mass is 33.1. The molecule has 1 amide bonds. The van der Waals surface area contributed by atoms with Crippen molar-refractivity contribution in [3.63, 3.8) is 0 Å². The summed E-state index contributed by atoms with van der Waals surface area (Å²) in [5.74, 6) is -1.83. The van der Waals surface area contributed by atoms with Gasteiger partial charge in [0.1, 0.15) is 11.6 Å². The van der Waals surface area contributed by atoms with Gasteiger partial charge >= 0.3 is 5.97 Å². The number of ketones is 1. The molecular formula is C28H36N2O10S3. The highest BCUT2D eigenvalue weighted by Gasteiger charge is 2.69. The zero-order valence-electron chi connectivity index (χ0n) is 24.1. The van der Waals surface area contributed by atoms with Crippen molar-refractivity contribution in [1.29, 1.82) is 0 Å². The van der Waals surface area contributed by atoms with Crippen molar-refractivity contribution in [3.8, 4) is 0 Å². The third kappa shape index (κ3) is 9.31. The first-order valence-electron chi connectivity index (χ1n) is 13.5. The van der Waals surface area contributed by atoms with Gasteiger partial charge in [-0.25, -0.2) is 9.78 Å². The molecule has 15 heteroatoms. The first-order chi connectivity index (χ1) is 20.4. The van der Waals surface area contributed by atoms with Gasteiger partial charge in [-0.15, -0.1) is 11.3 Å². The lowest BCUT2D eigenvalue weighted by Crippen LogP contribution is -2.56. The van der Waals surface area contributed by atoms with Crippen molar-refractivity contribution in [2.24, 2.45) is 0 Å². The van der Waals surface area contributed by atoms with E-state index in [0.717, 1.165) is 0 Å². The smallest absolute Gasteiger partial charge is 0.333 e. The van der Waals surface area contributed by atoms with Crippen LogP contribution in [0, 0.1) is 0 Å². The highest BCUT2D eigenvalue weighted by molar-refractivity contribution is 8.79. The Balaban J connectivity index is 1.89. The third-order valence-electron chi connectivity index (χ3n) is 6.85. The van der Waals surface area contributed by atoms with Gasteiger partial charge in [0.15, 0.2) is 33.0 Å². The average Bonchev–Trinajstić information content (AvgIpc) is 3.48. The minimum atomic E-state index is -2.06. The number of amides is 1. The van der Waals surface area contributed by atoms with Crippen LogP contribution in [0.15, 0.2) is 35.3 Å². The van der Waals surface area contributed by atoms with E-state index < -0.39 is 62.1 Å². The van der Waals surface area contributed by atoms with E-state index in [9.17, 15) is 28.8 Å². The molecule has 1 saturated heterocycles. The molecule has 0 saturated carbocycles. The summed E-state index contributed by atoms with van der Waals surface area (Å²) < 4.78 is 27.4. The number of allylic oxidation sites excluding steroid dienone is 3. The van der Waals surface area contributed by atoms with Gasteiger partial charge in [-0.1, -0.05) is 17.7 Å². The quantitative estimate of drug-likeness (QED) is 0.122. The van der Waals surface area contributed by atoms with Gasteiger partial charge in [-0.3, -0.25) is 14.4 Å². The second-order valence-corrected chi connectivity index (χ2v) is 14.3. The number of hydrogen-bond donors (Lipinski definition) is 3. The van der Waals surface area contributed by atoms with Crippen molar-refractivity contribution in [2.45, 2.75) is 62.5 Å². The lowest BCUT2D eigenvalue weighted by Gasteiger charge is -2.35. The normalized spacial score (nSPS) is 31.5. The highest BCUT2D eigenvalue weighted by Crippen LogP contribution is 2.53. The maximum atomic E-state index is 13.3. The van der Waals surface area contributed by atoms with Gasteiger partial charge in [0.05, 0.1) is 44.6 Å². The largest absolute Gasteiger partial charge is 0.604 e. The molecule has 1 spiro atoms. The third-order valence-corrected chi connectivity index (χ3v) is 11.8. The van der Waals surface area contributed by atoms with Crippen LogP contribution in [-0.4, -0.2) is 92.0 Å². The van der Waals surface area contributed by atoms with E-state index in [1.807, 2.05) is 0 Å². The Labute approximate surface area is 260 Å². The van der Waals surface area contributed by atoms with Crippen molar-refractivity contribution in [1.82, 2.24) is 10.3 Å². The minimum Gasteiger partial charge on any atom is -0.604 e. The zero-order valence-corrected chi connectivity index (χ0v) is 26.6. The number of aromatic nitrogens is 1. The van der Waals surface area contributed by atoms with E-state index in [4.69, 9.17) is 19.3 Å². The fourth-order valence-electron chi connectivity index (χ4n) is 4.34. The Morgan fingerprint density at radius 1 is 1.21 bits per heavy atom. The number of nitrogens with one attached hydrogen (secondary N) is 1. The predicted molar refractivity (Wildman–Crippen MR) is 162 cm³/mol. The van der Waals surface area contributed by atoms with Crippen LogP contribution in [0.1, 0.15) is 56.8 Å². The molecule has 2 bridgehead atoms. The number of thiazole rings is 1. The number of carbonyl (C=O) groups excluding carboxylic acids is 4. The molecule has 1 fully saturated rings. The topological polar surface area (TPSA) is 184 Å². The number of rotatable bonds is 8. The molecule has 1 aromatic rings. The van der Waals surface area contributed by atoms with Crippen molar-refractivity contribution in [2.75, 3.05) is 33.0 Å². The average molecular weight is 657 g/mol. The molecule has 1 aromatic heterocycles. The Bertz CT molecular complexity index is 1260. The summed E-state index contributed by atoms with van der Waals surface area (Å²) in [6, 6.07) is -0.482. The maximum Gasteiger partial charge on any atom is 0.333 e. The Morgan fingerprint density at radius 3 is 2.63 bits per heavy atom. The minimum absolute atomic E-state index is 0.0265. The van der Waals surface area contributed by atoms with Gasteiger partial charge in [-0.05, 0) is 45.4 Å². The fourth-order valence-corrected chi connectivity index (χ4v) is 9.08. The summed E-state index contributed by atoms with van der Waals surface area (Å²) in [4.78, 5) is 55.9. The number of hydrogen-bond acceptors (Lipinski definition) is 13. The van der Waals surface area contributed by atoms with Gasteiger partial charge < -0.3 is 34.3 Å². The van der Waals surface area contributed by atoms with E-state index in [2.05, 4.69) is 10.3 Å². The fraction of sp³-hybridized carbons (Fsp3) is 0.536. The summed E-state index contributed by atoms with van der Waals surface area (Å²) in [6.45, 7) is 4.49. The van der Waals surface area contributed by atoms with Crippen molar-refractivity contribution < 1.29 is 48.2 Å². The van der Waals surface area contributed by atoms with Crippen LogP contribution in [0.2, 0.25) is 0 Å². The van der Waals surface area contributed by atoms with Crippen LogP contribution in [-0.2, 0) is 43.6 Å². The molecule has 3 N–H and O–H groups in total. The molecule has 2 aliphatic rings. The Morgan fingerprint density at radius 2 is 1.93 bits per heavy atom. The number of nitrogens with zero attached hydrogens (tertiary/aromatic N) is 1. The molecule has 3 rings (SSSR count). The van der Waals surface area contributed by atoms with Crippen LogP contribution in [0.3, 0.4) is 0 Å². The van der Waals surface area contributed by atoms with Gasteiger partial charge in [0.25, 0.3) is 5.12 Å². The Kier molecular flexibility index (Phi) is 13.1. The molecule has 3 heterocycles. The van der Waals surface area contributed by atoms with Crippen LogP contribution < -0.4 is 5.32 Å². The standard InChI is InChI=1S/C28H36N2O10S3/c1-18-8-9-28(27(3,36)26(35)42-43(28)37)15-23(33)29-19(2)25-30-20(17-41-25)6-4-5-7-21(32)22(14-18)40-24(34)16-39-13-12-38-11-10-31/h4-7,14,17,19,22,31,36H,8-13,15-16H2,1-3H3,(H,29,33)/b6-4-,7-5+,18-14+/t19?,22?,27-,28+,43?/m0/s1. The van der Waals surface area contributed by atoms with Crippen LogP contribution in [0.5, 0.6) is 0 Å². The number of aliphatic hydroxyl groups is 2. The van der Waals surface area contributed by atoms with E-state index in [0.29, 0.717) is 27.1 Å². The van der Waals surface area contributed by atoms with Crippen molar-refractivity contribution >= 4 is 61.2 Å². The molecule has 43 heavy (non-hydrogen) atoms. The maximum absolute atomic E-state index is 13.3. The summed E-state index contributed by atoms with van der Waals surface area (Å²) in [5, 5.41) is 24.5. The number of aliphatic hydroxyl groups excluding tert-OH is 1. The number of carbonyl (C=O) groups is 4. The number of ether oxygens (including phenoxy) is 3. The molecular weight excluding hydrogens is 621 g/mol. The molecule has 2 aliphatic heterocycles. The molecule has 0 aromatic carbocycles. The van der Waals surface area contributed by atoms with E-state index in [1.165, 1.54) is 36.5 Å². The molecule has 0 aliphatic carbocycles. The lowest BCUT2D eigenvalue weighted by molar-refractivity contribution is -0.156. The van der Waals surface area contributed by atoms with Crippen LogP contribution >= 0.6 is 22.1 Å². The second-order valence-electron chi connectivity index (χ2n) is 10.2. The van der Waals surface area contributed by atoms with Crippen LogP contribution in [0.4, 0.5) is 0 Å². The van der Waals surface area contributed by atoms with Gasteiger partial charge in [-0.2, -0.15) is 0 Å². The zero-order chi connectivity index (χ0) is 31.6. The SMILES string of the molecule is C/C1=C\C(OC(=O)COCCOCCO)C(=O)/C=C/C=C\c2csc(n2)C(C)NC(=O)C[C@@]2(CC1)[S+]([O-])SC(=O)[C@]2(C)O. The molecule has 5 atom stereocenters. The summed E-state index contributed by atoms with van der Waals surface area (Å²) >= 11 is 1.32. The van der Waals surface area contributed by atoms with E-state index >= 15 is 0 Å². The molecule has 12 nitrogen and oxygen atoms in total. The number of fused-ring (bicyclic) bond motifs is 2. The first kappa shape index (κ1) is 35.1. The monoisotopic (exact) mass is 656 g/mol.